The number of methoxy groups -OCH3 is 1. The van der Waals surface area contributed by atoms with Crippen LogP contribution in [0.1, 0.15) is 46.6 Å². The zero-order valence-electron chi connectivity index (χ0n) is 18.8. The molecule has 4 rings (SSSR count). The number of amides is 2. The van der Waals surface area contributed by atoms with Crippen molar-refractivity contribution in [1.82, 2.24) is 15.2 Å². The molecule has 170 valence electrons. The number of nitrogens with one attached hydrogen (secondary N) is 1. The lowest BCUT2D eigenvalue weighted by atomic mass is 10.0. The van der Waals surface area contributed by atoms with Crippen molar-refractivity contribution in [3.8, 4) is 11.5 Å². The second-order valence-electron chi connectivity index (χ2n) is 7.75. The number of rotatable bonds is 9. The van der Waals surface area contributed by atoms with Gasteiger partial charge in [-0.1, -0.05) is 30.3 Å². The van der Waals surface area contributed by atoms with Gasteiger partial charge in [0.05, 0.1) is 38.4 Å². The lowest BCUT2D eigenvalue weighted by molar-refractivity contribution is -0.122. The molecule has 1 aromatic heterocycles. The van der Waals surface area contributed by atoms with Crippen molar-refractivity contribution in [2.24, 2.45) is 0 Å². The molecule has 3 aromatic rings. The maximum absolute atomic E-state index is 13.2. The first-order valence-electron chi connectivity index (χ1n) is 11.0. The van der Waals surface area contributed by atoms with Crippen LogP contribution in [-0.4, -0.2) is 35.4 Å². The van der Waals surface area contributed by atoms with Crippen LogP contribution in [0.25, 0.3) is 0 Å². The summed E-state index contributed by atoms with van der Waals surface area (Å²) in [7, 11) is 1.58. The summed E-state index contributed by atoms with van der Waals surface area (Å²) in [5.41, 5.74) is 3.22. The number of aromatic nitrogens is 1. The van der Waals surface area contributed by atoms with E-state index in [9.17, 15) is 9.59 Å². The molecule has 2 heterocycles. The molecule has 1 N–H and O–H groups in total. The maximum Gasteiger partial charge on any atom is 0.255 e. The average Bonchev–Trinajstić information content (AvgIpc) is 3.18. The molecule has 2 aromatic carbocycles. The number of nitrogens with zero attached hydrogens (tertiary/aromatic N) is 2. The molecule has 7 nitrogen and oxygen atoms in total. The third-order valence-electron chi connectivity index (χ3n) is 5.67. The molecule has 1 aliphatic rings. The van der Waals surface area contributed by atoms with Crippen LogP contribution in [0.4, 0.5) is 0 Å². The molecular weight excluding hydrogens is 418 g/mol. The fourth-order valence-electron chi connectivity index (χ4n) is 4.04. The van der Waals surface area contributed by atoms with Crippen molar-refractivity contribution in [2.75, 3.05) is 13.7 Å². The third-order valence-corrected chi connectivity index (χ3v) is 5.67. The summed E-state index contributed by atoms with van der Waals surface area (Å²) in [5.74, 6) is 0.943. The quantitative estimate of drug-likeness (QED) is 0.540. The van der Waals surface area contributed by atoms with E-state index in [1.165, 1.54) is 0 Å². The summed E-state index contributed by atoms with van der Waals surface area (Å²) in [6.07, 6.45) is 1.81. The first-order chi connectivity index (χ1) is 16.1. The van der Waals surface area contributed by atoms with Gasteiger partial charge in [0.2, 0.25) is 5.91 Å². The highest BCUT2D eigenvalue weighted by Gasteiger charge is 2.34. The van der Waals surface area contributed by atoms with Gasteiger partial charge in [-0.2, -0.15) is 0 Å². The van der Waals surface area contributed by atoms with E-state index in [0.717, 1.165) is 16.8 Å². The molecule has 0 saturated carbocycles. The van der Waals surface area contributed by atoms with Crippen LogP contribution in [-0.2, 0) is 17.9 Å². The van der Waals surface area contributed by atoms with Gasteiger partial charge >= 0.3 is 0 Å². The van der Waals surface area contributed by atoms with Crippen LogP contribution in [0, 0.1) is 0 Å². The summed E-state index contributed by atoms with van der Waals surface area (Å²) in [4.78, 5) is 32.1. The normalized spacial score (nSPS) is 13.4. The highest BCUT2D eigenvalue weighted by Crippen LogP contribution is 2.37. The molecule has 33 heavy (non-hydrogen) atoms. The molecule has 1 unspecified atom stereocenters. The molecule has 0 radical (unpaired) electrons. The van der Waals surface area contributed by atoms with Gasteiger partial charge in [-0.3, -0.25) is 14.6 Å². The second-order valence-corrected chi connectivity index (χ2v) is 7.75. The van der Waals surface area contributed by atoms with Crippen molar-refractivity contribution >= 4 is 11.8 Å². The molecule has 1 atom stereocenters. The highest BCUT2D eigenvalue weighted by atomic mass is 16.5. The van der Waals surface area contributed by atoms with Crippen molar-refractivity contribution in [2.45, 2.75) is 32.5 Å². The predicted octanol–water partition coefficient (Wildman–Crippen LogP) is 3.89. The van der Waals surface area contributed by atoms with Gasteiger partial charge in [-0.25, -0.2) is 0 Å². The SMILES string of the molecule is CCOc1ccc(C(CC(=O)NCc2ccccn2)N2Cc3ccccc3C2=O)cc1OC. The van der Waals surface area contributed by atoms with Gasteiger partial charge in [-0.15, -0.1) is 0 Å². The Morgan fingerprint density at radius 1 is 1.12 bits per heavy atom. The molecule has 0 fully saturated rings. The largest absolute Gasteiger partial charge is 0.493 e. The molecule has 0 bridgehead atoms. The number of fused-ring (bicyclic) bond motifs is 1. The number of pyridine rings is 1. The van der Waals surface area contributed by atoms with Gasteiger partial charge in [0.25, 0.3) is 5.91 Å². The number of hydrogen-bond acceptors (Lipinski definition) is 5. The molecular formula is C26H27N3O4. The van der Waals surface area contributed by atoms with Gasteiger partial charge in [0, 0.05) is 18.3 Å². The Morgan fingerprint density at radius 3 is 2.67 bits per heavy atom. The molecule has 0 spiro atoms. The average molecular weight is 446 g/mol. The molecule has 2 amide bonds. The lowest BCUT2D eigenvalue weighted by Gasteiger charge is -2.28. The number of carbonyl (C=O) groups is 2. The van der Waals surface area contributed by atoms with Crippen molar-refractivity contribution < 1.29 is 19.1 Å². The smallest absolute Gasteiger partial charge is 0.255 e. The summed E-state index contributed by atoms with van der Waals surface area (Å²) >= 11 is 0. The van der Waals surface area contributed by atoms with Crippen LogP contribution in [0.2, 0.25) is 0 Å². The lowest BCUT2D eigenvalue weighted by Crippen LogP contribution is -2.34. The number of carbonyl (C=O) groups excluding carboxylic acids is 2. The zero-order chi connectivity index (χ0) is 23.2. The van der Waals surface area contributed by atoms with Crippen molar-refractivity contribution in [3.05, 3.63) is 89.2 Å². The minimum atomic E-state index is -0.460. The first kappa shape index (κ1) is 22.3. The monoisotopic (exact) mass is 445 g/mol. The summed E-state index contributed by atoms with van der Waals surface area (Å²) in [5, 5.41) is 2.92. The van der Waals surface area contributed by atoms with E-state index < -0.39 is 6.04 Å². The summed E-state index contributed by atoms with van der Waals surface area (Å²) < 4.78 is 11.1. The summed E-state index contributed by atoms with van der Waals surface area (Å²) in [6, 6.07) is 18.2. The Kier molecular flexibility index (Phi) is 6.88. The molecule has 1 aliphatic heterocycles. The summed E-state index contributed by atoms with van der Waals surface area (Å²) in [6.45, 7) is 3.19. The van der Waals surface area contributed by atoms with Crippen LogP contribution in [0.5, 0.6) is 11.5 Å². The number of ether oxygens (including phenoxy) is 2. The van der Waals surface area contributed by atoms with Gasteiger partial charge in [0.1, 0.15) is 0 Å². The van der Waals surface area contributed by atoms with E-state index in [1.807, 2.05) is 67.6 Å². The predicted molar refractivity (Wildman–Crippen MR) is 124 cm³/mol. The van der Waals surface area contributed by atoms with Gasteiger partial charge in [0.15, 0.2) is 11.5 Å². The first-order valence-corrected chi connectivity index (χ1v) is 11.0. The Labute approximate surface area is 193 Å². The Hall–Kier alpha value is -3.87. The van der Waals surface area contributed by atoms with Crippen LogP contribution in [0.15, 0.2) is 66.9 Å². The van der Waals surface area contributed by atoms with E-state index in [2.05, 4.69) is 10.3 Å². The van der Waals surface area contributed by atoms with Crippen LogP contribution < -0.4 is 14.8 Å². The Balaban J connectivity index is 1.60. The Morgan fingerprint density at radius 2 is 1.94 bits per heavy atom. The zero-order valence-corrected chi connectivity index (χ0v) is 18.8. The molecule has 0 aliphatic carbocycles. The Bertz CT molecular complexity index is 1130. The fraction of sp³-hybridized carbons (Fsp3) is 0.269. The number of benzene rings is 2. The minimum Gasteiger partial charge on any atom is -0.493 e. The van der Waals surface area contributed by atoms with E-state index in [1.54, 1.807) is 18.2 Å². The minimum absolute atomic E-state index is 0.0824. The van der Waals surface area contributed by atoms with Crippen molar-refractivity contribution in [3.63, 3.8) is 0 Å². The third kappa shape index (κ3) is 4.98. The fourth-order valence-corrected chi connectivity index (χ4v) is 4.04. The van der Waals surface area contributed by atoms with Crippen LogP contribution >= 0.6 is 0 Å². The molecule has 0 saturated heterocycles. The van der Waals surface area contributed by atoms with Gasteiger partial charge in [-0.05, 0) is 48.4 Å². The van der Waals surface area contributed by atoms with E-state index in [4.69, 9.17) is 9.47 Å². The highest BCUT2D eigenvalue weighted by molar-refractivity contribution is 5.98. The standard InChI is InChI=1S/C26H27N3O4/c1-3-33-23-12-11-18(14-24(23)32-2)22(15-25(30)28-16-20-9-6-7-13-27-20)29-17-19-8-4-5-10-21(19)26(29)31/h4-14,22H,3,15-17H2,1-2H3,(H,28,30). The second kappa shape index (κ2) is 10.2. The van der Waals surface area contributed by atoms with E-state index in [-0.39, 0.29) is 18.2 Å². The van der Waals surface area contributed by atoms with Gasteiger partial charge < -0.3 is 19.7 Å². The van der Waals surface area contributed by atoms with E-state index in [0.29, 0.717) is 36.8 Å². The van der Waals surface area contributed by atoms with Crippen LogP contribution in [0.3, 0.4) is 0 Å². The molecule has 7 heteroatoms. The topological polar surface area (TPSA) is 80.8 Å². The maximum atomic E-state index is 13.2. The number of hydrogen-bond donors (Lipinski definition) is 1. The van der Waals surface area contributed by atoms with Crippen molar-refractivity contribution in [1.29, 1.82) is 0 Å². The van der Waals surface area contributed by atoms with E-state index >= 15 is 0 Å².